The van der Waals surface area contributed by atoms with Gasteiger partial charge in [0.2, 0.25) is 0 Å². The van der Waals surface area contributed by atoms with Crippen LogP contribution in [-0.2, 0) is 0 Å². The fourth-order valence-electron chi connectivity index (χ4n) is 2.29. The average Bonchev–Trinajstić information content (AvgIpc) is 2.16. The number of rotatable bonds is 3. The molecular weight excluding hydrogens is 186 g/mol. The summed E-state index contributed by atoms with van der Waals surface area (Å²) in [4.78, 5) is 6.65. The van der Waals surface area contributed by atoms with Gasteiger partial charge in [-0.3, -0.25) is 0 Å². The van der Waals surface area contributed by atoms with Crippen molar-refractivity contribution in [2.45, 2.75) is 25.8 Å². The molecule has 1 aliphatic carbocycles. The van der Waals surface area contributed by atoms with Crippen LogP contribution in [0.4, 0.5) is 5.82 Å². The highest BCUT2D eigenvalue weighted by Gasteiger charge is 2.27. The molecule has 3 heteroatoms. The van der Waals surface area contributed by atoms with Crippen LogP contribution in [-0.4, -0.2) is 24.6 Å². The summed E-state index contributed by atoms with van der Waals surface area (Å²) in [5.74, 6) is 1.85. The van der Waals surface area contributed by atoms with E-state index in [0.29, 0.717) is 6.04 Å². The van der Waals surface area contributed by atoms with E-state index >= 15 is 0 Å². The highest BCUT2D eigenvalue weighted by molar-refractivity contribution is 5.44. The smallest absolute Gasteiger partial charge is 0.131 e. The lowest BCUT2D eigenvalue weighted by Gasteiger charge is -2.36. The van der Waals surface area contributed by atoms with Crippen molar-refractivity contribution in [1.29, 1.82) is 0 Å². The molecule has 82 valence electrons. The highest BCUT2D eigenvalue weighted by atomic mass is 15.2. The Labute approximate surface area is 91.3 Å². The molecule has 1 heterocycles. The Balaban J connectivity index is 1.96. The molecule has 1 fully saturated rings. The van der Waals surface area contributed by atoms with Crippen molar-refractivity contribution < 1.29 is 0 Å². The van der Waals surface area contributed by atoms with E-state index in [-0.39, 0.29) is 0 Å². The fraction of sp³-hybridized carbons (Fsp3) is 0.583. The minimum atomic E-state index is 0.438. The number of nitrogens with zero attached hydrogens (tertiary/aromatic N) is 2. The van der Waals surface area contributed by atoms with Crippen molar-refractivity contribution in [3.05, 3.63) is 23.9 Å². The molecule has 15 heavy (non-hydrogen) atoms. The van der Waals surface area contributed by atoms with Crippen molar-refractivity contribution in [2.24, 2.45) is 11.7 Å². The SMILES string of the molecule is Cc1cccnc1N(C)CC1CC(N)C1. The number of pyridine rings is 1. The Morgan fingerprint density at radius 1 is 1.53 bits per heavy atom. The maximum atomic E-state index is 5.78. The van der Waals surface area contributed by atoms with Crippen LogP contribution in [0.2, 0.25) is 0 Å². The van der Waals surface area contributed by atoms with Crippen LogP contribution in [0.5, 0.6) is 0 Å². The second-order valence-electron chi connectivity index (χ2n) is 4.62. The van der Waals surface area contributed by atoms with Gasteiger partial charge < -0.3 is 10.6 Å². The highest BCUT2D eigenvalue weighted by Crippen LogP contribution is 2.27. The molecule has 1 saturated carbocycles. The van der Waals surface area contributed by atoms with Crippen LogP contribution in [0, 0.1) is 12.8 Å². The molecule has 0 spiro atoms. The van der Waals surface area contributed by atoms with Crippen molar-refractivity contribution in [2.75, 3.05) is 18.5 Å². The molecule has 2 rings (SSSR count). The summed E-state index contributed by atoms with van der Waals surface area (Å²) in [5, 5.41) is 0. The molecule has 0 aliphatic heterocycles. The molecule has 0 aromatic carbocycles. The summed E-state index contributed by atoms with van der Waals surface area (Å²) in [5.41, 5.74) is 7.02. The van der Waals surface area contributed by atoms with E-state index in [1.807, 2.05) is 12.3 Å². The van der Waals surface area contributed by atoms with Crippen molar-refractivity contribution in [1.82, 2.24) is 4.98 Å². The zero-order valence-corrected chi connectivity index (χ0v) is 9.48. The lowest BCUT2D eigenvalue weighted by atomic mass is 9.80. The summed E-state index contributed by atoms with van der Waals surface area (Å²) in [6.45, 7) is 3.18. The fourth-order valence-corrected chi connectivity index (χ4v) is 2.29. The third kappa shape index (κ3) is 2.29. The second-order valence-corrected chi connectivity index (χ2v) is 4.62. The maximum absolute atomic E-state index is 5.78. The van der Waals surface area contributed by atoms with Gasteiger partial charge in [-0.15, -0.1) is 0 Å². The van der Waals surface area contributed by atoms with Crippen molar-refractivity contribution in [3.8, 4) is 0 Å². The normalized spacial score (nSPS) is 24.7. The zero-order valence-electron chi connectivity index (χ0n) is 9.48. The summed E-state index contributed by atoms with van der Waals surface area (Å²) < 4.78 is 0. The van der Waals surface area contributed by atoms with Crippen molar-refractivity contribution in [3.63, 3.8) is 0 Å². The largest absolute Gasteiger partial charge is 0.359 e. The van der Waals surface area contributed by atoms with Gasteiger partial charge in [0.05, 0.1) is 0 Å². The van der Waals surface area contributed by atoms with Gasteiger partial charge in [-0.2, -0.15) is 0 Å². The minimum Gasteiger partial charge on any atom is -0.359 e. The first kappa shape index (κ1) is 10.4. The van der Waals surface area contributed by atoms with Gasteiger partial charge in [0.15, 0.2) is 0 Å². The van der Waals surface area contributed by atoms with Gasteiger partial charge in [0, 0.05) is 25.8 Å². The summed E-state index contributed by atoms with van der Waals surface area (Å²) in [6.07, 6.45) is 4.18. The van der Waals surface area contributed by atoms with Crippen LogP contribution >= 0.6 is 0 Å². The second kappa shape index (κ2) is 4.19. The summed E-state index contributed by atoms with van der Waals surface area (Å²) in [6, 6.07) is 4.52. The predicted octanol–water partition coefficient (Wildman–Crippen LogP) is 1.56. The quantitative estimate of drug-likeness (QED) is 0.814. The van der Waals surface area contributed by atoms with Gasteiger partial charge in [0.25, 0.3) is 0 Å². The van der Waals surface area contributed by atoms with Crippen LogP contribution in [0.15, 0.2) is 18.3 Å². The molecule has 1 aromatic heterocycles. The number of anilines is 1. The van der Waals surface area contributed by atoms with Gasteiger partial charge in [-0.25, -0.2) is 4.98 Å². The number of aromatic nitrogens is 1. The molecule has 0 amide bonds. The van der Waals surface area contributed by atoms with Crippen LogP contribution in [0.1, 0.15) is 18.4 Å². The Bertz CT molecular complexity index is 331. The molecule has 1 aromatic rings. The van der Waals surface area contributed by atoms with E-state index < -0.39 is 0 Å². The Hall–Kier alpha value is -1.09. The molecule has 0 radical (unpaired) electrons. The Morgan fingerprint density at radius 3 is 2.87 bits per heavy atom. The first-order valence-electron chi connectivity index (χ1n) is 5.55. The van der Waals surface area contributed by atoms with Gasteiger partial charge in [0.1, 0.15) is 5.82 Å². The van der Waals surface area contributed by atoms with Crippen LogP contribution in [0.25, 0.3) is 0 Å². The third-order valence-corrected chi connectivity index (χ3v) is 3.15. The lowest BCUT2D eigenvalue weighted by Crippen LogP contribution is -2.42. The van der Waals surface area contributed by atoms with E-state index in [0.717, 1.165) is 31.1 Å². The molecule has 0 unspecified atom stereocenters. The molecule has 1 aliphatic rings. The number of hydrogen-bond donors (Lipinski definition) is 1. The van der Waals surface area contributed by atoms with E-state index in [1.165, 1.54) is 5.56 Å². The minimum absolute atomic E-state index is 0.438. The van der Waals surface area contributed by atoms with Crippen LogP contribution in [0.3, 0.4) is 0 Å². The van der Waals surface area contributed by atoms with E-state index in [1.54, 1.807) is 0 Å². The first-order valence-corrected chi connectivity index (χ1v) is 5.55. The van der Waals surface area contributed by atoms with Crippen molar-refractivity contribution >= 4 is 5.82 Å². The van der Waals surface area contributed by atoms with Gasteiger partial charge in [-0.05, 0) is 37.3 Å². The average molecular weight is 205 g/mol. The third-order valence-electron chi connectivity index (χ3n) is 3.15. The zero-order chi connectivity index (χ0) is 10.8. The number of hydrogen-bond acceptors (Lipinski definition) is 3. The molecule has 0 bridgehead atoms. The molecule has 3 nitrogen and oxygen atoms in total. The van der Waals surface area contributed by atoms with Gasteiger partial charge >= 0.3 is 0 Å². The summed E-state index contributed by atoms with van der Waals surface area (Å²) in [7, 11) is 2.11. The van der Waals surface area contributed by atoms with E-state index in [2.05, 4.69) is 29.9 Å². The molecule has 2 N–H and O–H groups in total. The number of aryl methyl sites for hydroxylation is 1. The number of nitrogens with two attached hydrogens (primary N) is 1. The summed E-state index contributed by atoms with van der Waals surface area (Å²) >= 11 is 0. The molecular formula is C12H19N3. The standard InChI is InChI=1S/C12H19N3/c1-9-4-3-5-14-12(9)15(2)8-10-6-11(13)7-10/h3-5,10-11H,6-8,13H2,1-2H3. The van der Waals surface area contributed by atoms with Gasteiger partial charge in [-0.1, -0.05) is 6.07 Å². The Kier molecular flexibility index (Phi) is 2.91. The molecule has 0 atom stereocenters. The first-order chi connectivity index (χ1) is 7.16. The Morgan fingerprint density at radius 2 is 2.27 bits per heavy atom. The topological polar surface area (TPSA) is 42.2 Å². The maximum Gasteiger partial charge on any atom is 0.131 e. The molecule has 0 saturated heterocycles. The predicted molar refractivity (Wildman–Crippen MR) is 62.9 cm³/mol. The van der Waals surface area contributed by atoms with E-state index in [4.69, 9.17) is 5.73 Å². The lowest BCUT2D eigenvalue weighted by molar-refractivity contribution is 0.270. The van der Waals surface area contributed by atoms with E-state index in [9.17, 15) is 0 Å². The monoisotopic (exact) mass is 205 g/mol. The van der Waals surface area contributed by atoms with Crippen LogP contribution < -0.4 is 10.6 Å².